The predicted octanol–water partition coefficient (Wildman–Crippen LogP) is -0.0981. The van der Waals surface area contributed by atoms with Gasteiger partial charge in [0, 0.05) is 34.8 Å². The van der Waals surface area contributed by atoms with Gasteiger partial charge in [0.1, 0.15) is 5.75 Å². The summed E-state index contributed by atoms with van der Waals surface area (Å²) in [6.45, 7) is 13.3. The van der Waals surface area contributed by atoms with Gasteiger partial charge in [-0.05, 0) is 29.2 Å². The summed E-state index contributed by atoms with van der Waals surface area (Å²) in [5, 5.41) is 11.3. The van der Waals surface area contributed by atoms with E-state index in [-0.39, 0.29) is 57.7 Å². The molecule has 24 heavy (non-hydrogen) atoms. The summed E-state index contributed by atoms with van der Waals surface area (Å²) < 4.78 is 0. The fourth-order valence-corrected chi connectivity index (χ4v) is 3.41. The summed E-state index contributed by atoms with van der Waals surface area (Å²) in [7, 11) is -1.01. The third-order valence-corrected chi connectivity index (χ3v) is 5.43. The molecule has 0 aromatic heterocycles. The fraction of sp³-hybridized carbons (Fsp3) is 0.444. The number of hydrogen-bond donors (Lipinski definition) is 1. The largest absolute Gasteiger partial charge is 1.00 e. The van der Waals surface area contributed by atoms with E-state index in [0.717, 1.165) is 12.0 Å². The van der Waals surface area contributed by atoms with Crippen LogP contribution in [0.5, 0.6) is 5.75 Å². The summed E-state index contributed by atoms with van der Waals surface area (Å²) >= 11 is 5.80. The summed E-state index contributed by atoms with van der Waals surface area (Å²) in [5.74, 6) is 0.229. The molecule has 0 heterocycles. The maximum Gasteiger partial charge on any atom is 0.117 e. The number of phenolic OH excluding ortho intramolecular Hbond substituents is 1. The zero-order chi connectivity index (χ0) is 16.3. The molecule has 0 saturated carbocycles. The van der Waals surface area contributed by atoms with Gasteiger partial charge in [-0.1, -0.05) is 52.0 Å². The van der Waals surface area contributed by atoms with Crippen LogP contribution in [-0.2, 0) is 27.1 Å². The zero-order valence-corrected chi connectivity index (χ0v) is 20.0. The quantitative estimate of drug-likeness (QED) is 0.478. The molecule has 0 unspecified atom stereocenters. The molecule has 0 spiro atoms. The fourth-order valence-electron chi connectivity index (χ4n) is 1.93. The van der Waals surface area contributed by atoms with E-state index < -0.39 is 8.07 Å². The Bertz CT molecular complexity index is 538. The topological polar surface area (TPSA) is 20.2 Å². The van der Waals surface area contributed by atoms with Gasteiger partial charge in [-0.2, -0.15) is 6.08 Å². The van der Waals surface area contributed by atoms with Crippen molar-refractivity contribution in [3.8, 4) is 5.75 Å². The average molecular weight is 441 g/mol. The van der Waals surface area contributed by atoms with E-state index in [4.69, 9.17) is 11.6 Å². The molecule has 0 bridgehead atoms. The van der Waals surface area contributed by atoms with Gasteiger partial charge < -0.3 is 29.9 Å². The molecule has 1 N–H and O–H groups in total. The molecule has 1 aliphatic carbocycles. The van der Waals surface area contributed by atoms with Crippen molar-refractivity contribution in [2.75, 3.05) is 0 Å². The van der Waals surface area contributed by atoms with Crippen LogP contribution in [0.2, 0.25) is 24.7 Å². The second-order valence-electron chi connectivity index (χ2n) is 7.40. The summed E-state index contributed by atoms with van der Waals surface area (Å²) in [6, 6.07) is 5.16. The Morgan fingerprint density at radius 1 is 1.08 bits per heavy atom. The van der Waals surface area contributed by atoms with Crippen LogP contribution in [0.4, 0.5) is 0 Å². The third kappa shape index (κ3) is 10.3. The summed E-state index contributed by atoms with van der Waals surface area (Å²) in [6.07, 6.45) is 8.82. The van der Waals surface area contributed by atoms with Crippen molar-refractivity contribution in [1.82, 2.24) is 0 Å². The molecule has 0 aliphatic heterocycles. The monoisotopic (exact) mass is 439 g/mol. The second-order valence-corrected chi connectivity index (χ2v) is 12.9. The first-order valence-electron chi connectivity index (χ1n) is 7.28. The third-order valence-electron chi connectivity index (χ3n) is 3.25. The Hall–Kier alpha value is 0.301. The van der Waals surface area contributed by atoms with Crippen molar-refractivity contribution in [2.24, 2.45) is 0 Å². The molecule has 0 atom stereocenters. The van der Waals surface area contributed by atoms with E-state index in [1.807, 2.05) is 6.07 Å². The minimum absolute atomic E-state index is 0. The van der Waals surface area contributed by atoms with Crippen LogP contribution in [-0.4, -0.2) is 13.2 Å². The first-order valence-corrected chi connectivity index (χ1v) is 11.2. The van der Waals surface area contributed by atoms with Crippen molar-refractivity contribution in [3.63, 3.8) is 0 Å². The molecule has 2 rings (SSSR count). The molecule has 1 aromatic rings. The summed E-state index contributed by atoms with van der Waals surface area (Å²) in [5.41, 5.74) is 1.08. The standard InChI is InChI=1S/C10H13ClO.C8H13Si.2ClH.Ti/c1-10(2,3)7-4-8(11)6-9(12)5-7;1-9(2,3)8-6-4-5-7-8;;;/h4-6,12H,1-3H3;4,6H,5H2,1-3H3;2*1H;/q;-1;;;/p-2. The molecule has 0 radical (unpaired) electrons. The normalized spacial score (nSPS) is 12.7. The Balaban J connectivity index is -0.000000336. The molecule has 136 valence electrons. The van der Waals surface area contributed by atoms with Gasteiger partial charge in [-0.15, -0.1) is 6.42 Å². The van der Waals surface area contributed by atoms with E-state index in [2.05, 4.69) is 58.6 Å². The Morgan fingerprint density at radius 3 is 1.92 bits per heavy atom. The van der Waals surface area contributed by atoms with E-state index in [9.17, 15) is 5.11 Å². The SMILES string of the molecule is CC(C)(C)c1cc(O)cc(Cl)c1.C[Si](C)(C)C1=[C-]CC=C1.[Cl-].[Cl-].[Ti]. The molecule has 0 fully saturated rings. The number of hydrogen-bond acceptors (Lipinski definition) is 1. The Morgan fingerprint density at radius 2 is 1.62 bits per heavy atom. The molecule has 1 nitrogen and oxygen atoms in total. The predicted molar refractivity (Wildman–Crippen MR) is 95.7 cm³/mol. The number of halogens is 3. The second kappa shape index (κ2) is 11.8. The van der Waals surface area contributed by atoms with Gasteiger partial charge in [0.2, 0.25) is 0 Å². The summed E-state index contributed by atoms with van der Waals surface area (Å²) in [4.78, 5) is 0. The van der Waals surface area contributed by atoms with Gasteiger partial charge in [0.05, 0.1) is 0 Å². The van der Waals surface area contributed by atoms with Gasteiger partial charge in [0.15, 0.2) is 0 Å². The van der Waals surface area contributed by atoms with E-state index in [1.54, 1.807) is 6.07 Å². The number of benzene rings is 1. The molecular formula is C18H26Cl3OSiTi-3. The Labute approximate surface area is 180 Å². The van der Waals surface area contributed by atoms with Crippen LogP contribution >= 0.6 is 11.6 Å². The zero-order valence-electron chi connectivity index (χ0n) is 15.2. The number of rotatable bonds is 1. The van der Waals surface area contributed by atoms with Crippen LogP contribution < -0.4 is 24.8 Å². The van der Waals surface area contributed by atoms with Crippen molar-refractivity contribution in [2.45, 2.75) is 52.2 Å². The van der Waals surface area contributed by atoms with Gasteiger partial charge >= 0.3 is 0 Å². The minimum atomic E-state index is -1.01. The number of allylic oxidation sites excluding steroid dienone is 4. The molecule has 0 saturated heterocycles. The van der Waals surface area contributed by atoms with Crippen LogP contribution in [0.15, 0.2) is 35.5 Å². The minimum Gasteiger partial charge on any atom is -1.00 e. The van der Waals surface area contributed by atoms with Gasteiger partial charge in [0.25, 0.3) is 0 Å². The molecule has 1 aliphatic rings. The van der Waals surface area contributed by atoms with Gasteiger partial charge in [-0.25, -0.2) is 11.3 Å². The average Bonchev–Trinajstić information content (AvgIpc) is 2.79. The van der Waals surface area contributed by atoms with Crippen molar-refractivity contribution < 1.29 is 51.6 Å². The number of aromatic hydroxyl groups is 1. The molecule has 0 amide bonds. The van der Waals surface area contributed by atoms with Crippen LogP contribution in [0.3, 0.4) is 0 Å². The maximum absolute atomic E-state index is 9.27. The van der Waals surface area contributed by atoms with E-state index >= 15 is 0 Å². The molecule has 6 heteroatoms. The first-order chi connectivity index (χ1) is 9.50. The van der Waals surface area contributed by atoms with Crippen molar-refractivity contribution in [1.29, 1.82) is 0 Å². The van der Waals surface area contributed by atoms with Crippen molar-refractivity contribution in [3.05, 3.63) is 52.2 Å². The molecular weight excluding hydrogens is 415 g/mol. The van der Waals surface area contributed by atoms with E-state index in [0.29, 0.717) is 5.02 Å². The Kier molecular flexibility index (Phi) is 14.3. The van der Waals surface area contributed by atoms with Crippen LogP contribution in [0.25, 0.3) is 0 Å². The van der Waals surface area contributed by atoms with Crippen LogP contribution in [0.1, 0.15) is 32.8 Å². The first kappa shape index (κ1) is 29.1. The smallest absolute Gasteiger partial charge is 0.117 e. The molecule has 1 aromatic carbocycles. The van der Waals surface area contributed by atoms with Crippen LogP contribution in [0, 0.1) is 6.08 Å². The maximum atomic E-state index is 9.27. The van der Waals surface area contributed by atoms with Crippen molar-refractivity contribution >= 4 is 19.7 Å². The van der Waals surface area contributed by atoms with E-state index in [1.165, 1.54) is 11.3 Å². The number of phenols is 1. The van der Waals surface area contributed by atoms with Gasteiger partial charge in [-0.3, -0.25) is 6.08 Å².